The van der Waals surface area contributed by atoms with Gasteiger partial charge in [-0.05, 0) is 38.7 Å². The van der Waals surface area contributed by atoms with Gasteiger partial charge in [-0.15, -0.1) is 0 Å². The summed E-state index contributed by atoms with van der Waals surface area (Å²) < 4.78 is 5.37. The Kier molecular flexibility index (Phi) is 7.21. The highest BCUT2D eigenvalue weighted by atomic mass is 16.5. The van der Waals surface area contributed by atoms with Crippen LogP contribution in [0.5, 0.6) is 5.75 Å². The van der Waals surface area contributed by atoms with Crippen LogP contribution in [0.15, 0.2) is 54.6 Å². The Morgan fingerprint density at radius 2 is 1.69 bits per heavy atom. The predicted molar refractivity (Wildman–Crippen MR) is 143 cm³/mol. The number of benzene rings is 3. The second-order valence-corrected chi connectivity index (χ2v) is 8.72. The van der Waals surface area contributed by atoms with Gasteiger partial charge in [-0.3, -0.25) is 10.1 Å². The lowest BCUT2D eigenvalue weighted by atomic mass is 10.0. The van der Waals surface area contributed by atoms with Crippen molar-refractivity contribution in [3.05, 3.63) is 65.7 Å². The lowest BCUT2D eigenvalue weighted by Crippen LogP contribution is -2.31. The Hall–Kier alpha value is -4.37. The molecule has 0 radical (unpaired) electrons. The average molecular weight is 488 g/mol. The van der Waals surface area contributed by atoms with Gasteiger partial charge in [0.05, 0.1) is 29.4 Å². The number of rotatable bonds is 8. The molecule has 9 nitrogen and oxygen atoms in total. The summed E-state index contributed by atoms with van der Waals surface area (Å²) in [5.41, 5.74) is 4.55. The van der Waals surface area contributed by atoms with Gasteiger partial charge in [0.15, 0.2) is 0 Å². The molecule has 0 aliphatic heterocycles. The number of nitrogens with one attached hydrogen (secondary N) is 3. The van der Waals surface area contributed by atoms with Crippen LogP contribution in [0.3, 0.4) is 0 Å². The molecule has 1 heterocycles. The van der Waals surface area contributed by atoms with E-state index >= 15 is 0 Å². The van der Waals surface area contributed by atoms with Crippen LogP contribution in [0.1, 0.15) is 15.9 Å². The van der Waals surface area contributed by atoms with Crippen molar-refractivity contribution in [2.75, 3.05) is 44.9 Å². The molecule has 4 rings (SSSR count). The molecule has 4 aromatic rings. The van der Waals surface area contributed by atoms with E-state index in [2.05, 4.69) is 16.0 Å². The quantitative estimate of drug-likeness (QED) is 0.263. The fourth-order valence-corrected chi connectivity index (χ4v) is 4.07. The Labute approximate surface area is 209 Å². The molecule has 0 fully saturated rings. The number of aryl methyl sites for hydroxylation is 1. The molecule has 0 aliphatic carbocycles. The molecule has 2 amide bonds. The van der Waals surface area contributed by atoms with Crippen LogP contribution in [0.4, 0.5) is 21.9 Å². The minimum absolute atomic E-state index is 0.192. The number of methoxy groups -OCH3 is 1. The summed E-state index contributed by atoms with van der Waals surface area (Å²) in [4.78, 5) is 31.2. The van der Waals surface area contributed by atoms with E-state index in [1.165, 1.54) is 7.11 Å². The van der Waals surface area contributed by atoms with Gasteiger partial charge >= 0.3 is 6.09 Å². The summed E-state index contributed by atoms with van der Waals surface area (Å²) in [6.45, 7) is 3.22. The third-order valence-electron chi connectivity index (χ3n) is 5.79. The van der Waals surface area contributed by atoms with Crippen molar-refractivity contribution in [3.63, 3.8) is 0 Å². The Bertz CT molecular complexity index is 1450. The zero-order valence-corrected chi connectivity index (χ0v) is 20.7. The molecule has 0 saturated heterocycles. The van der Waals surface area contributed by atoms with E-state index in [-0.39, 0.29) is 5.91 Å². The van der Waals surface area contributed by atoms with Crippen molar-refractivity contribution >= 4 is 50.9 Å². The highest BCUT2D eigenvalue weighted by Gasteiger charge is 2.17. The summed E-state index contributed by atoms with van der Waals surface area (Å²) in [6, 6.07) is 16.5. The number of amides is 2. The normalized spacial score (nSPS) is 11.0. The first-order valence-electron chi connectivity index (χ1n) is 11.5. The summed E-state index contributed by atoms with van der Waals surface area (Å²) in [7, 11) is 5.42. The van der Waals surface area contributed by atoms with Crippen LogP contribution in [0.25, 0.3) is 21.8 Å². The van der Waals surface area contributed by atoms with Crippen LogP contribution in [-0.4, -0.2) is 61.3 Å². The number of carbonyl (C=O) groups is 2. The molecule has 9 heteroatoms. The number of para-hydroxylation sites is 2. The van der Waals surface area contributed by atoms with Gasteiger partial charge < -0.3 is 25.4 Å². The maximum atomic E-state index is 13.1. The zero-order chi connectivity index (χ0) is 25.8. The molecule has 0 spiro atoms. The largest absolute Gasteiger partial charge is 0.497 e. The third kappa shape index (κ3) is 5.31. The molecular formula is C27H29N5O4. The van der Waals surface area contributed by atoms with Gasteiger partial charge in [0, 0.05) is 47.4 Å². The number of nitrogens with zero attached hydrogens (tertiary/aromatic N) is 2. The van der Waals surface area contributed by atoms with Crippen LogP contribution in [0, 0.1) is 6.92 Å². The Morgan fingerprint density at radius 3 is 2.39 bits per heavy atom. The van der Waals surface area contributed by atoms with Crippen molar-refractivity contribution in [2.24, 2.45) is 0 Å². The first-order valence-corrected chi connectivity index (χ1v) is 11.5. The lowest BCUT2D eigenvalue weighted by Gasteiger charge is -2.17. The number of ether oxygens (including phenoxy) is 1. The molecule has 0 unspecified atom stereocenters. The third-order valence-corrected chi connectivity index (χ3v) is 5.79. The molecule has 0 aliphatic rings. The Balaban J connectivity index is 1.87. The van der Waals surface area contributed by atoms with Crippen LogP contribution in [0.2, 0.25) is 0 Å². The molecule has 186 valence electrons. The van der Waals surface area contributed by atoms with Gasteiger partial charge in [-0.1, -0.05) is 30.3 Å². The average Bonchev–Trinajstić information content (AvgIpc) is 2.83. The first kappa shape index (κ1) is 24.7. The molecule has 0 bridgehead atoms. The van der Waals surface area contributed by atoms with Crippen LogP contribution in [-0.2, 0) is 0 Å². The standard InChI is InChI=1S/C27H29N5O4/c1-16-7-5-8-20-23(16)31-25-21(9-6-10-22(25)26(33)28-11-12-32(2)3)24(20)29-17-13-18(30-27(34)35)15-19(14-17)36-4/h5-10,13-15,30H,11-12H2,1-4H3,(H,28,33)(H,29,31)(H,34,35). The number of hydrogen-bond donors (Lipinski definition) is 4. The number of pyridine rings is 1. The molecule has 0 atom stereocenters. The van der Waals surface area contributed by atoms with Crippen molar-refractivity contribution in [1.82, 2.24) is 15.2 Å². The van der Waals surface area contributed by atoms with E-state index in [0.29, 0.717) is 34.7 Å². The predicted octanol–water partition coefficient (Wildman–Crippen LogP) is 4.83. The molecular weight excluding hydrogens is 458 g/mol. The number of hydrogen-bond acceptors (Lipinski definition) is 6. The Morgan fingerprint density at radius 1 is 1.00 bits per heavy atom. The summed E-state index contributed by atoms with van der Waals surface area (Å²) >= 11 is 0. The first-order chi connectivity index (χ1) is 17.3. The van der Waals surface area contributed by atoms with Crippen molar-refractivity contribution in [1.29, 1.82) is 0 Å². The smallest absolute Gasteiger partial charge is 0.409 e. The zero-order valence-electron chi connectivity index (χ0n) is 20.7. The fraction of sp³-hybridized carbons (Fsp3) is 0.222. The highest BCUT2D eigenvalue weighted by Crippen LogP contribution is 2.37. The summed E-state index contributed by atoms with van der Waals surface area (Å²) in [5, 5.41) is 19.6. The van der Waals surface area contributed by atoms with Gasteiger partial charge in [-0.2, -0.15) is 0 Å². The van der Waals surface area contributed by atoms with Crippen LogP contribution >= 0.6 is 0 Å². The number of carboxylic acid groups (broad SMARTS) is 1. The topological polar surface area (TPSA) is 116 Å². The van der Waals surface area contributed by atoms with Crippen molar-refractivity contribution < 1.29 is 19.4 Å². The number of carbonyl (C=O) groups excluding carboxylic acids is 1. The van der Waals surface area contributed by atoms with Gasteiger partial charge in [-0.25, -0.2) is 9.78 Å². The number of likely N-dealkylation sites (N-methyl/N-ethyl adjacent to an activating group) is 1. The van der Waals surface area contributed by atoms with Gasteiger partial charge in [0.1, 0.15) is 5.75 Å². The molecule has 1 aromatic heterocycles. The monoisotopic (exact) mass is 487 g/mol. The molecule has 36 heavy (non-hydrogen) atoms. The lowest BCUT2D eigenvalue weighted by molar-refractivity contribution is 0.0952. The van der Waals surface area contributed by atoms with Crippen molar-refractivity contribution in [2.45, 2.75) is 6.92 Å². The molecule has 4 N–H and O–H groups in total. The SMILES string of the molecule is COc1cc(NC(=O)O)cc(Nc2c3cccc(C)c3nc3c(C(=O)NCCN(C)C)cccc23)c1. The maximum absolute atomic E-state index is 13.1. The maximum Gasteiger partial charge on any atom is 0.409 e. The van der Waals surface area contributed by atoms with Crippen molar-refractivity contribution in [3.8, 4) is 5.75 Å². The number of fused-ring (bicyclic) bond motifs is 2. The molecule has 3 aromatic carbocycles. The van der Waals surface area contributed by atoms with E-state index in [1.807, 2.05) is 56.3 Å². The highest BCUT2D eigenvalue weighted by molar-refractivity contribution is 6.15. The minimum Gasteiger partial charge on any atom is -0.497 e. The van der Waals surface area contributed by atoms with E-state index in [4.69, 9.17) is 9.72 Å². The summed E-state index contributed by atoms with van der Waals surface area (Å²) in [5.74, 6) is 0.298. The summed E-state index contributed by atoms with van der Waals surface area (Å²) in [6.07, 6.45) is -1.17. The molecule has 0 saturated carbocycles. The number of aromatic nitrogens is 1. The van der Waals surface area contributed by atoms with Gasteiger partial charge in [0.2, 0.25) is 0 Å². The van der Waals surface area contributed by atoms with E-state index in [1.54, 1.807) is 24.3 Å². The number of anilines is 3. The van der Waals surface area contributed by atoms with E-state index in [9.17, 15) is 14.7 Å². The second-order valence-electron chi connectivity index (χ2n) is 8.72. The van der Waals surface area contributed by atoms with E-state index < -0.39 is 6.09 Å². The van der Waals surface area contributed by atoms with E-state index in [0.717, 1.165) is 34.1 Å². The van der Waals surface area contributed by atoms with Crippen LogP contribution < -0.4 is 20.7 Å². The van der Waals surface area contributed by atoms with Gasteiger partial charge in [0.25, 0.3) is 5.91 Å². The second kappa shape index (κ2) is 10.5. The minimum atomic E-state index is -1.17. The fourth-order valence-electron chi connectivity index (χ4n) is 4.07.